The molecule has 0 unspecified atom stereocenters. The largest absolute Gasteiger partial charge is 0.399 e. The number of nitrogens with zero attached hydrogens (tertiary/aromatic N) is 2. The van der Waals surface area contributed by atoms with Crippen molar-refractivity contribution in [2.45, 2.75) is 25.3 Å². The van der Waals surface area contributed by atoms with Gasteiger partial charge in [-0.3, -0.25) is 4.79 Å². The number of aromatic nitrogens is 2. The van der Waals surface area contributed by atoms with E-state index < -0.39 is 0 Å². The lowest BCUT2D eigenvalue weighted by Crippen LogP contribution is -2.28. The summed E-state index contributed by atoms with van der Waals surface area (Å²) in [6, 6.07) is 9.01. The third-order valence-corrected chi connectivity index (χ3v) is 5.08. The fourth-order valence-corrected chi connectivity index (χ4v) is 3.87. The zero-order valence-corrected chi connectivity index (χ0v) is 13.8. The standard InChI is InChI=1S/C17H15Cl2N3O/c18-12-8-10(20)9-13(19)17(12)21-7-6-15-14(21)4-5-16(23)22(15)11-2-1-3-11/h4-9,11H,1-3,20H2. The van der Waals surface area contributed by atoms with Crippen molar-refractivity contribution in [2.75, 3.05) is 5.73 Å². The number of hydrogen-bond donors (Lipinski definition) is 1. The Bertz CT molecular complexity index is 947. The first-order chi connectivity index (χ1) is 11.1. The van der Waals surface area contributed by atoms with Crippen LogP contribution in [0.15, 0.2) is 41.3 Å². The van der Waals surface area contributed by atoms with E-state index in [-0.39, 0.29) is 5.56 Å². The molecule has 1 saturated carbocycles. The Hall–Kier alpha value is -1.91. The van der Waals surface area contributed by atoms with Crippen LogP contribution in [-0.2, 0) is 0 Å². The summed E-state index contributed by atoms with van der Waals surface area (Å²) < 4.78 is 3.79. The van der Waals surface area contributed by atoms with Gasteiger partial charge in [-0.15, -0.1) is 0 Å². The first-order valence-electron chi connectivity index (χ1n) is 7.54. The monoisotopic (exact) mass is 347 g/mol. The Kier molecular flexibility index (Phi) is 3.39. The van der Waals surface area contributed by atoms with Crippen LogP contribution in [-0.4, -0.2) is 9.13 Å². The topological polar surface area (TPSA) is 52.9 Å². The van der Waals surface area contributed by atoms with Gasteiger partial charge in [0.1, 0.15) is 0 Å². The van der Waals surface area contributed by atoms with Crippen LogP contribution >= 0.6 is 23.2 Å². The molecule has 0 atom stereocenters. The molecule has 4 nitrogen and oxygen atoms in total. The van der Waals surface area contributed by atoms with E-state index in [0.717, 1.165) is 23.9 Å². The molecule has 4 rings (SSSR count). The predicted octanol–water partition coefficient (Wildman–Crippen LogP) is 4.41. The van der Waals surface area contributed by atoms with Crippen molar-refractivity contribution in [3.05, 3.63) is 56.9 Å². The van der Waals surface area contributed by atoms with E-state index in [0.29, 0.717) is 27.5 Å². The maximum Gasteiger partial charge on any atom is 0.251 e. The minimum Gasteiger partial charge on any atom is -0.399 e. The number of hydrogen-bond acceptors (Lipinski definition) is 2. The molecule has 0 amide bonds. The lowest BCUT2D eigenvalue weighted by atomic mass is 9.92. The van der Waals surface area contributed by atoms with E-state index in [1.807, 2.05) is 27.5 Å². The molecule has 0 radical (unpaired) electrons. The van der Waals surface area contributed by atoms with Gasteiger partial charge in [-0.2, -0.15) is 0 Å². The first kappa shape index (κ1) is 14.7. The first-order valence-corrected chi connectivity index (χ1v) is 8.29. The van der Waals surface area contributed by atoms with Crippen LogP contribution in [0.1, 0.15) is 25.3 Å². The number of benzene rings is 1. The predicted molar refractivity (Wildman–Crippen MR) is 94.9 cm³/mol. The fraction of sp³-hybridized carbons (Fsp3) is 0.235. The van der Waals surface area contributed by atoms with Crippen molar-refractivity contribution >= 4 is 39.9 Å². The lowest BCUT2D eigenvalue weighted by Gasteiger charge is -2.28. The molecule has 2 aromatic heterocycles. The molecule has 0 bridgehead atoms. The quantitative estimate of drug-likeness (QED) is 0.698. The summed E-state index contributed by atoms with van der Waals surface area (Å²) in [7, 11) is 0. The maximum absolute atomic E-state index is 12.3. The summed E-state index contributed by atoms with van der Waals surface area (Å²) in [5, 5.41) is 0.961. The molecule has 23 heavy (non-hydrogen) atoms. The molecule has 1 aliphatic carbocycles. The second-order valence-corrected chi connectivity index (χ2v) is 6.73. The molecule has 0 aliphatic heterocycles. The van der Waals surface area contributed by atoms with Gasteiger partial charge >= 0.3 is 0 Å². The van der Waals surface area contributed by atoms with E-state index in [9.17, 15) is 4.79 Å². The Morgan fingerprint density at radius 2 is 1.74 bits per heavy atom. The summed E-state index contributed by atoms with van der Waals surface area (Å²) in [6.45, 7) is 0. The highest BCUT2D eigenvalue weighted by Crippen LogP contribution is 2.36. The zero-order valence-electron chi connectivity index (χ0n) is 12.3. The van der Waals surface area contributed by atoms with Gasteiger partial charge in [0.05, 0.1) is 26.8 Å². The van der Waals surface area contributed by atoms with Crippen LogP contribution < -0.4 is 11.3 Å². The fourth-order valence-electron chi connectivity index (χ4n) is 3.18. The van der Waals surface area contributed by atoms with Crippen LogP contribution in [0.4, 0.5) is 5.69 Å². The number of anilines is 1. The maximum atomic E-state index is 12.3. The van der Waals surface area contributed by atoms with Crippen LogP contribution in [0.5, 0.6) is 0 Å². The van der Waals surface area contributed by atoms with Gasteiger partial charge in [0.25, 0.3) is 5.56 Å². The number of nitrogens with two attached hydrogens (primary N) is 1. The molecule has 1 aromatic carbocycles. The van der Waals surface area contributed by atoms with Crippen molar-refractivity contribution in [1.29, 1.82) is 0 Å². The van der Waals surface area contributed by atoms with E-state index in [2.05, 4.69) is 0 Å². The minimum absolute atomic E-state index is 0.0365. The normalized spacial score (nSPS) is 15.0. The molecule has 0 saturated heterocycles. The smallest absolute Gasteiger partial charge is 0.251 e. The summed E-state index contributed by atoms with van der Waals surface area (Å²) in [5.41, 5.74) is 8.83. The highest BCUT2D eigenvalue weighted by atomic mass is 35.5. The Morgan fingerprint density at radius 1 is 1.04 bits per heavy atom. The molecule has 118 valence electrons. The highest BCUT2D eigenvalue weighted by Gasteiger charge is 2.23. The Morgan fingerprint density at radius 3 is 2.35 bits per heavy atom. The Balaban J connectivity index is 1.99. The average molecular weight is 348 g/mol. The summed E-state index contributed by atoms with van der Waals surface area (Å²) in [6.07, 6.45) is 5.16. The van der Waals surface area contributed by atoms with Crippen LogP contribution in [0.25, 0.3) is 16.7 Å². The van der Waals surface area contributed by atoms with E-state index >= 15 is 0 Å². The van der Waals surface area contributed by atoms with Gasteiger partial charge in [0, 0.05) is 24.0 Å². The van der Waals surface area contributed by atoms with Gasteiger partial charge < -0.3 is 14.9 Å². The molecule has 1 fully saturated rings. The van der Waals surface area contributed by atoms with Crippen molar-refractivity contribution in [3.63, 3.8) is 0 Å². The number of fused-ring (bicyclic) bond motifs is 1. The molecule has 3 aromatic rings. The second-order valence-electron chi connectivity index (χ2n) is 5.92. The van der Waals surface area contributed by atoms with E-state index in [1.54, 1.807) is 18.2 Å². The van der Waals surface area contributed by atoms with Crippen LogP contribution in [0, 0.1) is 0 Å². The number of nitrogen functional groups attached to an aromatic ring is 1. The SMILES string of the molecule is Nc1cc(Cl)c(-n2ccc3c2ccc(=O)n3C2CCC2)c(Cl)c1. The average Bonchev–Trinajstić information content (AvgIpc) is 2.83. The van der Waals surface area contributed by atoms with Crippen molar-refractivity contribution in [3.8, 4) is 5.69 Å². The minimum atomic E-state index is 0.0365. The van der Waals surface area contributed by atoms with E-state index in [1.165, 1.54) is 6.42 Å². The molecule has 2 N–H and O–H groups in total. The summed E-state index contributed by atoms with van der Waals surface area (Å²) >= 11 is 12.7. The molecule has 6 heteroatoms. The van der Waals surface area contributed by atoms with Gasteiger partial charge in [-0.05, 0) is 43.5 Å². The summed E-state index contributed by atoms with van der Waals surface area (Å²) in [5.74, 6) is 0. The van der Waals surface area contributed by atoms with Gasteiger partial charge in [0.15, 0.2) is 0 Å². The molecule has 0 spiro atoms. The van der Waals surface area contributed by atoms with Crippen LogP contribution in [0.2, 0.25) is 10.0 Å². The van der Waals surface area contributed by atoms with E-state index in [4.69, 9.17) is 28.9 Å². The summed E-state index contributed by atoms with van der Waals surface area (Å²) in [4.78, 5) is 12.3. The van der Waals surface area contributed by atoms with Crippen LogP contribution in [0.3, 0.4) is 0 Å². The van der Waals surface area contributed by atoms with Gasteiger partial charge in [-0.25, -0.2) is 0 Å². The third-order valence-electron chi connectivity index (χ3n) is 4.50. The molecular weight excluding hydrogens is 333 g/mol. The van der Waals surface area contributed by atoms with Gasteiger partial charge in [-0.1, -0.05) is 23.2 Å². The van der Waals surface area contributed by atoms with Crippen molar-refractivity contribution in [1.82, 2.24) is 9.13 Å². The number of pyridine rings is 1. The number of halogens is 2. The Labute approximate surface area is 143 Å². The van der Waals surface area contributed by atoms with Crippen molar-refractivity contribution in [2.24, 2.45) is 0 Å². The van der Waals surface area contributed by atoms with Gasteiger partial charge in [0.2, 0.25) is 0 Å². The molecule has 1 aliphatic rings. The zero-order chi connectivity index (χ0) is 16.1. The highest BCUT2D eigenvalue weighted by molar-refractivity contribution is 6.38. The third kappa shape index (κ3) is 2.25. The lowest BCUT2D eigenvalue weighted by molar-refractivity contribution is 0.315. The molecular formula is C17H15Cl2N3O. The molecule has 2 heterocycles. The number of rotatable bonds is 2. The van der Waals surface area contributed by atoms with Crippen molar-refractivity contribution < 1.29 is 0 Å². The second kappa shape index (κ2) is 5.32.